The predicted molar refractivity (Wildman–Crippen MR) is 131 cm³/mol. The second kappa shape index (κ2) is 10.7. The molecule has 1 atom stereocenters. The summed E-state index contributed by atoms with van der Waals surface area (Å²) in [5.74, 6) is -0.934. The largest absolute Gasteiger partial charge is 0.441 e. The highest BCUT2D eigenvalue weighted by atomic mass is 35.5. The van der Waals surface area contributed by atoms with Crippen molar-refractivity contribution in [2.75, 3.05) is 18.9 Å². The molecule has 2 aromatic rings. The predicted octanol–water partition coefficient (Wildman–Crippen LogP) is 5.07. The lowest BCUT2D eigenvalue weighted by Gasteiger charge is -2.35. The van der Waals surface area contributed by atoms with Gasteiger partial charge in [0.2, 0.25) is 0 Å². The fourth-order valence-corrected chi connectivity index (χ4v) is 4.13. The maximum atomic E-state index is 14.8. The van der Waals surface area contributed by atoms with E-state index in [1.807, 2.05) is 44.2 Å². The number of hydrogen-bond acceptors (Lipinski definition) is 5. The lowest BCUT2D eigenvalue weighted by Crippen LogP contribution is -2.39. The Morgan fingerprint density at radius 1 is 1.29 bits per heavy atom. The number of ether oxygens (including phenoxy) is 1. The van der Waals surface area contributed by atoms with Crippen LogP contribution < -0.4 is 11.1 Å². The monoisotopic (exact) mass is 486 g/mol. The van der Waals surface area contributed by atoms with Gasteiger partial charge in [0.1, 0.15) is 6.10 Å². The smallest absolute Gasteiger partial charge is 0.412 e. The molecule has 3 rings (SSSR count). The van der Waals surface area contributed by atoms with Crippen molar-refractivity contribution < 1.29 is 18.7 Å². The molecule has 1 heterocycles. The summed E-state index contributed by atoms with van der Waals surface area (Å²) >= 11 is 5.95. The molecule has 0 radical (unpaired) electrons. The van der Waals surface area contributed by atoms with E-state index in [0.717, 1.165) is 5.56 Å². The molecule has 1 aliphatic rings. The highest BCUT2D eigenvalue weighted by Crippen LogP contribution is 2.42. The summed E-state index contributed by atoms with van der Waals surface area (Å²) in [5, 5.41) is 2.44. The Hall–Kier alpha value is -3.39. The van der Waals surface area contributed by atoms with Crippen LogP contribution in [0.1, 0.15) is 37.5 Å². The van der Waals surface area contributed by atoms with E-state index >= 15 is 0 Å². The Bertz CT molecular complexity index is 1120. The van der Waals surface area contributed by atoms with E-state index in [2.05, 4.69) is 10.3 Å². The minimum Gasteiger partial charge on any atom is -0.441 e. The van der Waals surface area contributed by atoms with E-state index in [0.29, 0.717) is 18.8 Å². The van der Waals surface area contributed by atoms with Gasteiger partial charge < -0.3 is 15.4 Å². The Morgan fingerprint density at radius 2 is 2.00 bits per heavy atom. The molecule has 34 heavy (non-hydrogen) atoms. The first-order valence-corrected chi connectivity index (χ1v) is 11.2. The van der Waals surface area contributed by atoms with Gasteiger partial charge in [-0.25, -0.2) is 9.18 Å². The van der Waals surface area contributed by atoms with E-state index < -0.39 is 23.4 Å². The molecule has 0 spiro atoms. The number of benzene rings is 2. The molecule has 1 aliphatic heterocycles. The van der Waals surface area contributed by atoms with Crippen molar-refractivity contribution >= 4 is 35.5 Å². The number of carbonyl (C=O) groups is 2. The number of hydrogen-bond donors (Lipinski definition) is 2. The molecule has 2 amide bonds. The molecule has 0 aromatic heterocycles. The summed E-state index contributed by atoms with van der Waals surface area (Å²) in [5.41, 5.74) is 6.94. The summed E-state index contributed by atoms with van der Waals surface area (Å²) in [4.78, 5) is 30.8. The van der Waals surface area contributed by atoms with E-state index in [1.165, 1.54) is 23.4 Å². The van der Waals surface area contributed by atoms with Crippen LogP contribution in [0.5, 0.6) is 0 Å². The van der Waals surface area contributed by atoms with Gasteiger partial charge in [0.25, 0.3) is 5.91 Å². The number of nitrogens with zero attached hydrogens (tertiary/aromatic N) is 2. The molecule has 0 fully saturated rings. The molecule has 9 heteroatoms. The van der Waals surface area contributed by atoms with Crippen LogP contribution in [0.15, 0.2) is 59.2 Å². The van der Waals surface area contributed by atoms with Crippen molar-refractivity contribution in [2.45, 2.75) is 32.9 Å². The van der Waals surface area contributed by atoms with Crippen LogP contribution in [0.25, 0.3) is 0 Å². The first-order valence-electron chi connectivity index (χ1n) is 10.8. The summed E-state index contributed by atoms with van der Waals surface area (Å²) < 4.78 is 20.1. The zero-order chi connectivity index (χ0) is 24.9. The Morgan fingerprint density at radius 3 is 2.68 bits per heavy atom. The molecule has 1 unspecified atom stereocenters. The number of anilines is 1. The van der Waals surface area contributed by atoms with Crippen LogP contribution >= 0.6 is 11.6 Å². The van der Waals surface area contributed by atoms with E-state index in [4.69, 9.17) is 22.1 Å². The van der Waals surface area contributed by atoms with Crippen LogP contribution in [0, 0.1) is 11.2 Å². The van der Waals surface area contributed by atoms with Gasteiger partial charge in [-0.05, 0) is 29.5 Å². The average Bonchev–Trinajstić information content (AvgIpc) is 2.78. The van der Waals surface area contributed by atoms with Crippen molar-refractivity contribution in [2.24, 2.45) is 16.1 Å². The average molecular weight is 487 g/mol. The summed E-state index contributed by atoms with van der Waals surface area (Å²) in [6, 6.07) is 12.6. The summed E-state index contributed by atoms with van der Waals surface area (Å²) in [7, 11) is 1.65. The number of likely N-dealkylation sites (N-methyl/N-ethyl adjacent to an activating group) is 1. The number of fused-ring (bicyclic) bond motifs is 1. The number of nitrogens with one attached hydrogen (secondary N) is 1. The fourth-order valence-electron chi connectivity index (χ4n) is 3.96. The lowest BCUT2D eigenvalue weighted by atomic mass is 9.83. The van der Waals surface area contributed by atoms with E-state index in [9.17, 15) is 14.0 Å². The van der Waals surface area contributed by atoms with Gasteiger partial charge >= 0.3 is 6.09 Å². The molecule has 7 nitrogen and oxygen atoms in total. The first-order chi connectivity index (χ1) is 16.1. The normalized spacial score (nSPS) is 16.1. The fraction of sp³-hybridized carbons (Fsp3) is 0.320. The minimum absolute atomic E-state index is 0.0545. The molecular formula is C25H28ClFN4O3. The van der Waals surface area contributed by atoms with Crippen LogP contribution in [0.2, 0.25) is 5.02 Å². The van der Waals surface area contributed by atoms with Crippen molar-refractivity contribution in [3.63, 3.8) is 0 Å². The minimum atomic E-state index is -0.849. The Balaban J connectivity index is 1.68. The molecule has 2 aromatic carbocycles. The summed E-state index contributed by atoms with van der Waals surface area (Å²) in [6.45, 7) is 4.54. The second-order valence-corrected chi connectivity index (χ2v) is 9.36. The molecule has 3 N–H and O–H groups in total. The van der Waals surface area contributed by atoms with Crippen LogP contribution in [-0.4, -0.2) is 36.7 Å². The first kappa shape index (κ1) is 25.2. The van der Waals surface area contributed by atoms with Crippen LogP contribution in [0.3, 0.4) is 0 Å². The molecule has 0 saturated heterocycles. The topological polar surface area (TPSA) is 97.0 Å². The quantitative estimate of drug-likeness (QED) is 0.402. The molecule has 0 saturated carbocycles. The van der Waals surface area contributed by atoms with Gasteiger partial charge in [-0.3, -0.25) is 15.1 Å². The maximum absolute atomic E-state index is 14.8. The highest BCUT2D eigenvalue weighted by Gasteiger charge is 2.36. The Labute approximate surface area is 203 Å². The number of halogens is 2. The van der Waals surface area contributed by atoms with Crippen molar-refractivity contribution in [1.29, 1.82) is 0 Å². The zero-order valence-corrected chi connectivity index (χ0v) is 20.1. The van der Waals surface area contributed by atoms with Crippen molar-refractivity contribution in [3.05, 3.63) is 76.2 Å². The number of carbonyl (C=O) groups excluding carboxylic acids is 2. The van der Waals surface area contributed by atoms with E-state index in [1.54, 1.807) is 13.1 Å². The molecule has 0 aliphatic carbocycles. The highest BCUT2D eigenvalue weighted by molar-refractivity contribution is 6.31. The molecule has 0 bridgehead atoms. The van der Waals surface area contributed by atoms with Gasteiger partial charge in [0.15, 0.2) is 5.82 Å². The number of aliphatic imine (C=N–C) groups is 1. The Kier molecular flexibility index (Phi) is 7.94. The number of rotatable bonds is 8. The van der Waals surface area contributed by atoms with Crippen LogP contribution in [0.4, 0.5) is 14.9 Å². The second-order valence-electron chi connectivity index (χ2n) is 8.95. The summed E-state index contributed by atoms with van der Waals surface area (Å²) in [6.07, 6.45) is 1.44. The lowest BCUT2D eigenvalue weighted by molar-refractivity contribution is -0.126. The maximum Gasteiger partial charge on any atom is 0.412 e. The third kappa shape index (κ3) is 6.14. The van der Waals surface area contributed by atoms with Crippen molar-refractivity contribution in [3.8, 4) is 0 Å². The number of nitrogens with two attached hydrogens (primary N) is 1. The van der Waals surface area contributed by atoms with Crippen LogP contribution in [-0.2, 0) is 16.1 Å². The van der Waals surface area contributed by atoms with Gasteiger partial charge in [-0.2, -0.15) is 0 Å². The zero-order valence-electron chi connectivity index (χ0n) is 19.3. The van der Waals surface area contributed by atoms with Gasteiger partial charge in [0, 0.05) is 26.0 Å². The van der Waals surface area contributed by atoms with Gasteiger partial charge in [0.05, 0.1) is 28.4 Å². The standard InChI is InChI=1S/C25H28ClFN4O3/c1-25(2,11-20-21-19(30-24(33)34-20)10-9-18(26)22(21)27)15-31(3)23(32)17(12-28)14-29-13-16-7-5-4-6-8-16/h4-10,12,14,20H,11,13,15,28H2,1-3H3,(H,30,33)/b17-12+,29-14?. The molecule has 180 valence electrons. The third-order valence-corrected chi connectivity index (χ3v) is 5.76. The number of amides is 2. The van der Waals surface area contributed by atoms with Gasteiger partial charge in [-0.1, -0.05) is 55.8 Å². The van der Waals surface area contributed by atoms with E-state index in [-0.39, 0.29) is 28.5 Å². The SMILES string of the molecule is CN(CC(C)(C)CC1OC(=O)Nc2ccc(Cl)c(F)c21)C(=O)/C(C=NCc1ccccc1)=C/N. The molecular weight excluding hydrogens is 459 g/mol. The van der Waals surface area contributed by atoms with Gasteiger partial charge in [-0.15, -0.1) is 0 Å². The third-order valence-electron chi connectivity index (χ3n) is 5.46. The van der Waals surface area contributed by atoms with Crippen molar-refractivity contribution in [1.82, 2.24) is 4.90 Å². The number of cyclic esters (lactones) is 1.